The van der Waals surface area contributed by atoms with Crippen molar-refractivity contribution in [2.45, 2.75) is 0 Å². The fourth-order valence-corrected chi connectivity index (χ4v) is 3.61. The van der Waals surface area contributed by atoms with Gasteiger partial charge >= 0.3 is 0 Å². The number of fused-ring (bicyclic) bond motifs is 2. The molecule has 0 unspecified atom stereocenters. The summed E-state index contributed by atoms with van der Waals surface area (Å²) in [6.07, 6.45) is 1.76. The van der Waals surface area contributed by atoms with Crippen molar-refractivity contribution in [3.05, 3.63) is 48.7 Å². The van der Waals surface area contributed by atoms with Gasteiger partial charge < -0.3 is 29.4 Å². The number of carbonyl (C=O) groups excluding carboxylic acids is 1. The molecule has 0 fully saturated rings. The van der Waals surface area contributed by atoms with Crippen LogP contribution in [0.4, 0.5) is 0 Å². The zero-order valence-corrected chi connectivity index (χ0v) is 16.7. The van der Waals surface area contributed by atoms with Crippen molar-refractivity contribution in [1.29, 1.82) is 0 Å². The second kappa shape index (κ2) is 8.56. The molecule has 0 saturated carbocycles. The van der Waals surface area contributed by atoms with E-state index in [1.165, 1.54) is 4.90 Å². The molecule has 0 aliphatic heterocycles. The maximum absolute atomic E-state index is 12.3. The van der Waals surface area contributed by atoms with Crippen LogP contribution in [-0.4, -0.2) is 68.5 Å². The number of hydrogen-bond acceptors (Lipinski definition) is 5. The topological polar surface area (TPSA) is 104 Å². The van der Waals surface area contributed by atoms with E-state index < -0.39 is 0 Å². The molecule has 0 saturated heterocycles. The van der Waals surface area contributed by atoms with Crippen LogP contribution in [-0.2, 0) is 11.8 Å². The lowest BCUT2D eigenvalue weighted by atomic mass is 10.2. The second-order valence-electron chi connectivity index (χ2n) is 7.05. The normalized spacial score (nSPS) is 11.3. The molecule has 4 aromatic rings. The van der Waals surface area contributed by atoms with E-state index in [4.69, 9.17) is 14.9 Å². The Bertz CT molecular complexity index is 1140. The number of aromatic amines is 1. The van der Waals surface area contributed by atoms with E-state index in [9.17, 15) is 4.79 Å². The second-order valence-corrected chi connectivity index (χ2v) is 7.05. The first-order valence-corrected chi connectivity index (χ1v) is 9.76. The van der Waals surface area contributed by atoms with E-state index >= 15 is 0 Å². The number of nitrogens with zero attached hydrogens (tertiary/aromatic N) is 3. The molecule has 8 nitrogen and oxygen atoms in total. The quantitative estimate of drug-likeness (QED) is 0.413. The molecule has 30 heavy (non-hydrogen) atoms. The molecule has 0 radical (unpaired) electrons. The lowest BCUT2D eigenvalue weighted by Crippen LogP contribution is -2.38. The summed E-state index contributed by atoms with van der Waals surface area (Å²) in [7, 11) is 2.00. The Morgan fingerprint density at radius 3 is 2.67 bits per heavy atom. The van der Waals surface area contributed by atoms with Crippen molar-refractivity contribution in [2.24, 2.45) is 7.05 Å². The highest BCUT2D eigenvalue weighted by molar-refractivity contribution is 5.90. The molecule has 3 aromatic heterocycles. The van der Waals surface area contributed by atoms with Crippen LogP contribution in [0.2, 0.25) is 0 Å². The number of amides is 1. The molecule has 156 valence electrons. The van der Waals surface area contributed by atoms with E-state index in [-0.39, 0.29) is 38.8 Å². The van der Waals surface area contributed by atoms with Crippen molar-refractivity contribution in [3.8, 4) is 17.1 Å². The van der Waals surface area contributed by atoms with Gasteiger partial charge in [0, 0.05) is 42.6 Å². The van der Waals surface area contributed by atoms with Gasteiger partial charge in [-0.25, -0.2) is 4.98 Å². The summed E-state index contributed by atoms with van der Waals surface area (Å²) in [6.45, 7) is -0.132. The molecule has 0 aliphatic carbocycles. The van der Waals surface area contributed by atoms with Crippen molar-refractivity contribution in [3.63, 3.8) is 0 Å². The van der Waals surface area contributed by atoms with Crippen LogP contribution in [0.3, 0.4) is 0 Å². The van der Waals surface area contributed by atoms with Crippen LogP contribution in [0, 0.1) is 0 Å². The summed E-state index contributed by atoms with van der Waals surface area (Å²) in [5, 5.41) is 20.2. The van der Waals surface area contributed by atoms with E-state index in [2.05, 4.69) is 26.7 Å². The van der Waals surface area contributed by atoms with Gasteiger partial charge in [-0.2, -0.15) is 0 Å². The van der Waals surface area contributed by atoms with Gasteiger partial charge in [-0.15, -0.1) is 0 Å². The fraction of sp³-hybridized carbons (Fsp3) is 0.273. The number of pyridine rings is 1. The Hall–Kier alpha value is -3.36. The average Bonchev–Trinajstić information content (AvgIpc) is 3.32. The van der Waals surface area contributed by atoms with Crippen molar-refractivity contribution in [2.75, 3.05) is 32.9 Å². The summed E-state index contributed by atoms with van der Waals surface area (Å²) < 4.78 is 7.77. The Morgan fingerprint density at radius 2 is 1.93 bits per heavy atom. The zero-order chi connectivity index (χ0) is 21.1. The third-order valence-corrected chi connectivity index (χ3v) is 5.14. The summed E-state index contributed by atoms with van der Waals surface area (Å²) in [6, 6.07) is 13.8. The minimum Gasteiger partial charge on any atom is -0.484 e. The maximum atomic E-state index is 12.3. The van der Waals surface area contributed by atoms with Gasteiger partial charge in [-0.1, -0.05) is 0 Å². The first-order chi connectivity index (χ1) is 14.6. The number of aliphatic hydroxyl groups is 2. The Balaban J connectivity index is 1.55. The largest absolute Gasteiger partial charge is 0.484 e. The van der Waals surface area contributed by atoms with E-state index in [0.29, 0.717) is 5.75 Å². The van der Waals surface area contributed by atoms with Crippen LogP contribution in [0.5, 0.6) is 5.75 Å². The number of nitrogens with one attached hydrogen (secondary N) is 1. The van der Waals surface area contributed by atoms with Crippen LogP contribution in [0.25, 0.3) is 33.3 Å². The Labute approximate surface area is 173 Å². The van der Waals surface area contributed by atoms with Gasteiger partial charge in [-0.3, -0.25) is 4.79 Å². The lowest BCUT2D eigenvalue weighted by molar-refractivity contribution is -0.134. The molecule has 0 atom stereocenters. The number of aliphatic hydroxyl groups excluding tert-OH is 2. The zero-order valence-electron chi connectivity index (χ0n) is 16.7. The molecule has 8 heteroatoms. The molecule has 1 amide bonds. The first-order valence-electron chi connectivity index (χ1n) is 9.76. The number of hydrogen-bond donors (Lipinski definition) is 3. The maximum Gasteiger partial charge on any atom is 0.260 e. The fourth-order valence-electron chi connectivity index (χ4n) is 3.61. The monoisotopic (exact) mass is 408 g/mol. The van der Waals surface area contributed by atoms with Gasteiger partial charge in [0.15, 0.2) is 6.61 Å². The minimum absolute atomic E-state index is 0.154. The van der Waals surface area contributed by atoms with Crippen molar-refractivity contribution < 1.29 is 19.7 Å². The van der Waals surface area contributed by atoms with Crippen LogP contribution in [0.1, 0.15) is 0 Å². The van der Waals surface area contributed by atoms with Crippen LogP contribution in [0.15, 0.2) is 48.7 Å². The summed E-state index contributed by atoms with van der Waals surface area (Å²) in [4.78, 5) is 21.3. The van der Waals surface area contributed by atoms with Gasteiger partial charge in [0.2, 0.25) is 0 Å². The highest BCUT2D eigenvalue weighted by atomic mass is 16.5. The summed E-state index contributed by atoms with van der Waals surface area (Å²) in [5.74, 6) is 0.303. The summed E-state index contributed by atoms with van der Waals surface area (Å²) in [5.41, 5.74) is 3.88. The average molecular weight is 408 g/mol. The highest BCUT2D eigenvalue weighted by Gasteiger charge is 2.15. The van der Waals surface area contributed by atoms with Crippen molar-refractivity contribution in [1.82, 2.24) is 19.4 Å². The van der Waals surface area contributed by atoms with Crippen LogP contribution >= 0.6 is 0 Å². The number of benzene rings is 1. The van der Waals surface area contributed by atoms with E-state index in [1.54, 1.807) is 6.20 Å². The number of H-pyrrole nitrogens is 1. The Morgan fingerprint density at radius 1 is 1.13 bits per heavy atom. The third-order valence-electron chi connectivity index (χ3n) is 5.14. The molecule has 0 aliphatic rings. The predicted molar refractivity (Wildman–Crippen MR) is 114 cm³/mol. The molecule has 0 spiro atoms. The van der Waals surface area contributed by atoms with Crippen molar-refractivity contribution >= 4 is 27.8 Å². The molecular formula is C22H24N4O4. The first kappa shape index (κ1) is 19.9. The van der Waals surface area contributed by atoms with Gasteiger partial charge in [0.05, 0.1) is 24.6 Å². The van der Waals surface area contributed by atoms with Gasteiger partial charge in [0.25, 0.3) is 5.91 Å². The molecule has 1 aromatic carbocycles. The SMILES string of the molecule is Cn1c(-c2cc3cccnc3[nH]2)cc2cc(OCC(=O)N(CCO)CCO)ccc21. The van der Waals surface area contributed by atoms with Crippen LogP contribution < -0.4 is 4.74 Å². The summed E-state index contributed by atoms with van der Waals surface area (Å²) >= 11 is 0. The molecule has 3 N–H and O–H groups in total. The lowest BCUT2D eigenvalue weighted by Gasteiger charge is -2.20. The van der Waals surface area contributed by atoms with E-state index in [1.807, 2.05) is 37.4 Å². The minimum atomic E-state index is -0.280. The molecule has 4 rings (SSSR count). The number of aromatic nitrogens is 3. The highest BCUT2D eigenvalue weighted by Crippen LogP contribution is 2.30. The predicted octanol–water partition coefficient (Wildman–Crippen LogP) is 1.91. The van der Waals surface area contributed by atoms with Gasteiger partial charge in [0.1, 0.15) is 11.4 Å². The molecular weight excluding hydrogens is 384 g/mol. The molecule has 0 bridgehead atoms. The number of carbonyl (C=O) groups is 1. The van der Waals surface area contributed by atoms with E-state index in [0.717, 1.165) is 33.3 Å². The smallest absolute Gasteiger partial charge is 0.260 e. The van der Waals surface area contributed by atoms with Gasteiger partial charge in [-0.05, 0) is 42.5 Å². The number of ether oxygens (including phenoxy) is 1. The standard InChI is InChI=1S/C22H24N4O4/c1-25-19-5-4-17(30-14-21(29)26(7-9-27)8-10-28)11-16(19)13-20(25)18-12-15-3-2-6-23-22(15)24-18/h2-6,11-13,27-28H,7-10,14H2,1H3,(H,23,24). The number of rotatable bonds is 8. The third kappa shape index (κ3) is 3.87. The molecule has 3 heterocycles. The number of aryl methyl sites for hydroxylation is 1. The Kier molecular flexibility index (Phi) is 5.69.